The predicted octanol–water partition coefficient (Wildman–Crippen LogP) is 2.78. The fourth-order valence-electron chi connectivity index (χ4n) is 2.52. The molecule has 0 aromatic carbocycles. The van der Waals surface area contributed by atoms with Crippen molar-refractivity contribution < 1.29 is 9.21 Å². The summed E-state index contributed by atoms with van der Waals surface area (Å²) in [6, 6.07) is 3.26. The average Bonchev–Trinajstić information content (AvgIpc) is 2.85. The van der Waals surface area contributed by atoms with E-state index in [2.05, 4.69) is 12.2 Å². The minimum absolute atomic E-state index is 0.0562. The summed E-state index contributed by atoms with van der Waals surface area (Å²) in [6.45, 7) is 5.71. The van der Waals surface area contributed by atoms with E-state index in [9.17, 15) is 4.79 Å². The maximum atomic E-state index is 12.4. The lowest BCUT2D eigenvalue weighted by Crippen LogP contribution is -2.41. The fraction of sp³-hybridized carbons (Fsp3) is 0.643. The van der Waals surface area contributed by atoms with Crippen molar-refractivity contribution in [2.45, 2.75) is 26.2 Å². The van der Waals surface area contributed by atoms with E-state index in [0.717, 1.165) is 32.6 Å². The van der Waals surface area contributed by atoms with Crippen molar-refractivity contribution in [2.24, 2.45) is 5.92 Å². The fourth-order valence-corrected chi connectivity index (χ4v) is 2.67. The first kappa shape index (κ1) is 14.4. The highest BCUT2D eigenvalue weighted by Crippen LogP contribution is 2.18. The molecule has 1 atom stereocenters. The molecule has 0 bridgehead atoms. The van der Waals surface area contributed by atoms with Crippen LogP contribution in [0.15, 0.2) is 16.5 Å². The van der Waals surface area contributed by atoms with Crippen LogP contribution >= 0.6 is 11.6 Å². The summed E-state index contributed by atoms with van der Waals surface area (Å²) in [5.41, 5.74) is 0. The maximum Gasteiger partial charge on any atom is 0.289 e. The summed E-state index contributed by atoms with van der Waals surface area (Å²) in [7, 11) is 0. The van der Waals surface area contributed by atoms with Crippen molar-refractivity contribution in [2.75, 3.05) is 26.2 Å². The summed E-state index contributed by atoms with van der Waals surface area (Å²) in [4.78, 5) is 14.3. The molecule has 2 rings (SSSR count). The molecule has 1 fully saturated rings. The number of carbonyl (C=O) groups is 1. The van der Waals surface area contributed by atoms with Crippen LogP contribution in [0.3, 0.4) is 0 Å². The normalized spacial score (nSPS) is 19.4. The van der Waals surface area contributed by atoms with Crippen molar-refractivity contribution in [3.8, 4) is 0 Å². The van der Waals surface area contributed by atoms with Crippen molar-refractivity contribution >= 4 is 17.5 Å². The van der Waals surface area contributed by atoms with E-state index >= 15 is 0 Å². The Morgan fingerprint density at radius 2 is 2.42 bits per heavy atom. The predicted molar refractivity (Wildman–Crippen MR) is 75.5 cm³/mol. The highest BCUT2D eigenvalue weighted by atomic mass is 35.5. The molecule has 1 N–H and O–H groups in total. The Hall–Kier alpha value is -1.00. The van der Waals surface area contributed by atoms with Crippen molar-refractivity contribution in [3.05, 3.63) is 23.1 Å². The minimum Gasteiger partial charge on any atom is -0.440 e. The van der Waals surface area contributed by atoms with E-state index in [1.165, 1.54) is 12.8 Å². The highest BCUT2D eigenvalue weighted by Gasteiger charge is 2.23. The first-order valence-corrected chi connectivity index (χ1v) is 7.34. The summed E-state index contributed by atoms with van der Waals surface area (Å²) in [6.07, 6.45) is 3.31. The van der Waals surface area contributed by atoms with Gasteiger partial charge >= 0.3 is 0 Å². The van der Waals surface area contributed by atoms with Crippen LogP contribution < -0.4 is 5.32 Å². The third kappa shape index (κ3) is 3.98. The Bertz CT molecular complexity index is 413. The summed E-state index contributed by atoms with van der Waals surface area (Å²) < 4.78 is 5.22. The lowest BCUT2D eigenvalue weighted by molar-refractivity contribution is 0.0687. The van der Waals surface area contributed by atoms with E-state index in [1.54, 1.807) is 12.1 Å². The number of hydrogen-bond donors (Lipinski definition) is 1. The first-order chi connectivity index (χ1) is 9.20. The van der Waals surface area contributed by atoms with Crippen LogP contribution in [0.5, 0.6) is 0 Å². The Balaban J connectivity index is 1.99. The van der Waals surface area contributed by atoms with Gasteiger partial charge in [-0.25, -0.2) is 0 Å². The Morgan fingerprint density at radius 1 is 1.58 bits per heavy atom. The third-order valence-electron chi connectivity index (χ3n) is 3.44. The Labute approximate surface area is 119 Å². The number of carbonyl (C=O) groups excluding carboxylic acids is 1. The minimum atomic E-state index is -0.0562. The number of piperidine rings is 1. The molecule has 106 valence electrons. The van der Waals surface area contributed by atoms with Gasteiger partial charge in [-0.2, -0.15) is 0 Å². The topological polar surface area (TPSA) is 45.5 Å². The van der Waals surface area contributed by atoms with Crippen LogP contribution in [0.25, 0.3) is 0 Å². The van der Waals surface area contributed by atoms with Crippen LogP contribution in [0.1, 0.15) is 36.7 Å². The van der Waals surface area contributed by atoms with Gasteiger partial charge in [-0.3, -0.25) is 4.79 Å². The van der Waals surface area contributed by atoms with Crippen LogP contribution in [0.2, 0.25) is 5.22 Å². The molecule has 1 aromatic rings. The largest absolute Gasteiger partial charge is 0.440 e. The van der Waals surface area contributed by atoms with Gasteiger partial charge in [0, 0.05) is 13.1 Å². The lowest BCUT2D eigenvalue weighted by Gasteiger charge is -2.29. The molecule has 1 aliphatic heterocycles. The summed E-state index contributed by atoms with van der Waals surface area (Å²) >= 11 is 5.73. The zero-order chi connectivity index (χ0) is 13.7. The highest BCUT2D eigenvalue weighted by molar-refractivity contribution is 6.29. The van der Waals surface area contributed by atoms with Gasteiger partial charge in [-0.15, -0.1) is 0 Å². The molecule has 0 aliphatic carbocycles. The molecule has 1 saturated heterocycles. The zero-order valence-electron chi connectivity index (χ0n) is 11.3. The third-order valence-corrected chi connectivity index (χ3v) is 3.65. The molecule has 0 radical (unpaired) electrons. The standard InChI is InChI=1S/C14H21ClN2O2/c1-2-8-17(10-11-4-3-7-16-9-11)14(18)12-5-6-13(15)19-12/h5-6,11,16H,2-4,7-10H2,1H3. The Kier molecular flexibility index (Phi) is 5.28. The molecule has 4 nitrogen and oxygen atoms in total. The SMILES string of the molecule is CCCN(CC1CCCNC1)C(=O)c1ccc(Cl)o1. The first-order valence-electron chi connectivity index (χ1n) is 6.96. The molecule has 19 heavy (non-hydrogen) atoms. The second-order valence-corrected chi connectivity index (χ2v) is 5.44. The van der Waals surface area contributed by atoms with Crippen molar-refractivity contribution in [1.82, 2.24) is 10.2 Å². The van der Waals surface area contributed by atoms with Gasteiger partial charge in [0.15, 0.2) is 11.0 Å². The number of nitrogens with zero attached hydrogens (tertiary/aromatic N) is 1. The number of nitrogens with one attached hydrogen (secondary N) is 1. The molecular weight excluding hydrogens is 264 g/mol. The van der Waals surface area contributed by atoms with Crippen LogP contribution in [-0.4, -0.2) is 37.0 Å². The van der Waals surface area contributed by atoms with Gasteiger partial charge < -0.3 is 14.6 Å². The van der Waals surface area contributed by atoms with Gasteiger partial charge in [-0.05, 0) is 62.0 Å². The summed E-state index contributed by atoms with van der Waals surface area (Å²) in [5, 5.41) is 3.65. The molecule has 1 unspecified atom stereocenters. The number of rotatable bonds is 5. The van der Waals surface area contributed by atoms with Gasteiger partial charge in [0.1, 0.15) is 0 Å². The molecule has 1 aromatic heterocycles. The number of furan rings is 1. The van der Waals surface area contributed by atoms with E-state index in [4.69, 9.17) is 16.0 Å². The molecule has 0 saturated carbocycles. The number of halogens is 1. The monoisotopic (exact) mass is 284 g/mol. The van der Waals surface area contributed by atoms with Crippen molar-refractivity contribution in [3.63, 3.8) is 0 Å². The van der Waals surface area contributed by atoms with E-state index in [0.29, 0.717) is 11.7 Å². The molecule has 1 aliphatic rings. The molecule has 0 spiro atoms. The van der Waals surface area contributed by atoms with Crippen LogP contribution in [0.4, 0.5) is 0 Å². The Morgan fingerprint density at radius 3 is 3.00 bits per heavy atom. The molecule has 1 amide bonds. The van der Waals surface area contributed by atoms with E-state index in [-0.39, 0.29) is 11.1 Å². The second-order valence-electron chi connectivity index (χ2n) is 5.07. The van der Waals surface area contributed by atoms with E-state index < -0.39 is 0 Å². The molecular formula is C14H21ClN2O2. The van der Waals surface area contributed by atoms with Crippen LogP contribution in [-0.2, 0) is 0 Å². The molecule has 2 heterocycles. The van der Waals surface area contributed by atoms with Crippen molar-refractivity contribution in [1.29, 1.82) is 0 Å². The lowest BCUT2D eigenvalue weighted by atomic mass is 9.99. The number of hydrogen-bond acceptors (Lipinski definition) is 3. The van der Waals surface area contributed by atoms with Crippen LogP contribution in [0, 0.1) is 5.92 Å². The quantitative estimate of drug-likeness (QED) is 0.904. The van der Waals surface area contributed by atoms with Gasteiger partial charge in [-0.1, -0.05) is 6.92 Å². The van der Waals surface area contributed by atoms with Gasteiger partial charge in [0.25, 0.3) is 5.91 Å². The average molecular weight is 285 g/mol. The molecule has 5 heteroatoms. The number of amides is 1. The smallest absolute Gasteiger partial charge is 0.289 e. The maximum absolute atomic E-state index is 12.4. The zero-order valence-corrected chi connectivity index (χ0v) is 12.1. The van der Waals surface area contributed by atoms with E-state index in [1.807, 2.05) is 4.90 Å². The summed E-state index contributed by atoms with van der Waals surface area (Å²) in [5.74, 6) is 0.816. The van der Waals surface area contributed by atoms with Gasteiger partial charge in [0.05, 0.1) is 0 Å². The van der Waals surface area contributed by atoms with Gasteiger partial charge in [0.2, 0.25) is 0 Å². The second kappa shape index (κ2) is 6.96.